The number of aryl methyl sites for hydroxylation is 1. The molecule has 1 saturated heterocycles. The highest BCUT2D eigenvalue weighted by molar-refractivity contribution is 5.74. The highest BCUT2D eigenvalue weighted by Gasteiger charge is 2.22. The van der Waals surface area contributed by atoms with Gasteiger partial charge in [-0.25, -0.2) is 14.8 Å². The van der Waals surface area contributed by atoms with Gasteiger partial charge in [0, 0.05) is 44.4 Å². The Labute approximate surface area is 177 Å². The van der Waals surface area contributed by atoms with Crippen LogP contribution < -0.4 is 10.2 Å². The van der Waals surface area contributed by atoms with Crippen molar-refractivity contribution in [2.24, 2.45) is 0 Å². The molecule has 2 amide bonds. The lowest BCUT2D eigenvalue weighted by Crippen LogP contribution is -2.52. The first kappa shape index (κ1) is 19.9. The van der Waals surface area contributed by atoms with E-state index in [1.54, 1.807) is 6.33 Å². The predicted octanol–water partition coefficient (Wildman–Crippen LogP) is 3.53. The number of hydrogen-bond donors (Lipinski definition) is 1. The van der Waals surface area contributed by atoms with Gasteiger partial charge in [0.1, 0.15) is 12.1 Å². The fourth-order valence-corrected chi connectivity index (χ4v) is 3.61. The van der Waals surface area contributed by atoms with Gasteiger partial charge in [-0.1, -0.05) is 60.2 Å². The molecule has 1 aliphatic heterocycles. The van der Waals surface area contributed by atoms with Crippen molar-refractivity contribution in [1.82, 2.24) is 20.2 Å². The summed E-state index contributed by atoms with van der Waals surface area (Å²) in [5.41, 5.74) is 4.46. The summed E-state index contributed by atoms with van der Waals surface area (Å²) in [4.78, 5) is 25.4. The zero-order valence-corrected chi connectivity index (χ0v) is 17.3. The highest BCUT2D eigenvalue weighted by Crippen LogP contribution is 2.22. The number of piperazine rings is 1. The standard InChI is InChI=1S/C24H27N5O/c1-19-7-9-21(10-8-19)22-17-23(27-18-26-22)28-13-15-29(16-14-28)24(30)25-12-11-20-5-3-2-4-6-20/h2-10,17-18H,11-16H2,1H3,(H,25,30). The molecule has 154 valence electrons. The van der Waals surface area contributed by atoms with Crippen LogP contribution in [0.5, 0.6) is 0 Å². The third kappa shape index (κ3) is 4.95. The minimum absolute atomic E-state index is 0.00798. The molecule has 0 saturated carbocycles. The summed E-state index contributed by atoms with van der Waals surface area (Å²) in [6, 6.07) is 20.6. The second-order valence-corrected chi connectivity index (χ2v) is 7.57. The van der Waals surface area contributed by atoms with Crippen LogP contribution in [-0.4, -0.2) is 53.6 Å². The topological polar surface area (TPSA) is 61.4 Å². The smallest absolute Gasteiger partial charge is 0.317 e. The molecular weight excluding hydrogens is 374 g/mol. The number of carbonyl (C=O) groups excluding carboxylic acids is 1. The summed E-state index contributed by atoms with van der Waals surface area (Å²) >= 11 is 0. The number of urea groups is 1. The summed E-state index contributed by atoms with van der Waals surface area (Å²) in [5, 5.41) is 3.03. The lowest BCUT2D eigenvalue weighted by molar-refractivity contribution is 0.194. The maximum absolute atomic E-state index is 12.5. The molecule has 1 aromatic heterocycles. The first-order valence-corrected chi connectivity index (χ1v) is 10.4. The molecule has 6 nitrogen and oxygen atoms in total. The summed E-state index contributed by atoms with van der Waals surface area (Å²) in [5.74, 6) is 0.907. The van der Waals surface area contributed by atoms with E-state index in [2.05, 4.69) is 63.5 Å². The number of aromatic nitrogens is 2. The summed E-state index contributed by atoms with van der Waals surface area (Å²) < 4.78 is 0. The van der Waals surface area contributed by atoms with Crippen LogP contribution in [0.4, 0.5) is 10.6 Å². The minimum atomic E-state index is 0.00798. The maximum atomic E-state index is 12.5. The summed E-state index contributed by atoms with van der Waals surface area (Å²) in [7, 11) is 0. The third-order valence-electron chi connectivity index (χ3n) is 5.42. The van der Waals surface area contributed by atoms with Gasteiger partial charge in [-0.2, -0.15) is 0 Å². The average Bonchev–Trinajstić information content (AvgIpc) is 2.80. The zero-order chi connectivity index (χ0) is 20.8. The van der Waals surface area contributed by atoms with Gasteiger partial charge in [-0.05, 0) is 18.9 Å². The van der Waals surface area contributed by atoms with Crippen LogP contribution in [0.2, 0.25) is 0 Å². The van der Waals surface area contributed by atoms with Crippen LogP contribution in [0, 0.1) is 6.92 Å². The van der Waals surface area contributed by atoms with Crippen molar-refractivity contribution >= 4 is 11.8 Å². The van der Waals surface area contributed by atoms with Crippen LogP contribution in [0.25, 0.3) is 11.3 Å². The van der Waals surface area contributed by atoms with Crippen LogP contribution >= 0.6 is 0 Å². The fraction of sp³-hybridized carbons (Fsp3) is 0.292. The first-order chi connectivity index (χ1) is 14.7. The van der Waals surface area contributed by atoms with Gasteiger partial charge in [-0.3, -0.25) is 0 Å². The normalized spacial score (nSPS) is 13.9. The second kappa shape index (κ2) is 9.39. The van der Waals surface area contributed by atoms with Crippen molar-refractivity contribution in [3.8, 4) is 11.3 Å². The van der Waals surface area contributed by atoms with E-state index in [1.165, 1.54) is 11.1 Å². The number of anilines is 1. The van der Waals surface area contributed by atoms with E-state index in [-0.39, 0.29) is 6.03 Å². The molecule has 1 N–H and O–H groups in total. The number of nitrogens with zero attached hydrogens (tertiary/aromatic N) is 4. The van der Waals surface area contributed by atoms with E-state index in [0.717, 1.165) is 36.6 Å². The van der Waals surface area contributed by atoms with E-state index in [4.69, 9.17) is 0 Å². The SMILES string of the molecule is Cc1ccc(-c2cc(N3CCN(C(=O)NCCc4ccccc4)CC3)ncn2)cc1. The molecule has 2 aromatic carbocycles. The monoisotopic (exact) mass is 401 g/mol. The second-order valence-electron chi connectivity index (χ2n) is 7.57. The van der Waals surface area contributed by atoms with Crippen molar-refractivity contribution in [3.05, 3.63) is 78.1 Å². The van der Waals surface area contributed by atoms with Crippen molar-refractivity contribution < 1.29 is 4.79 Å². The average molecular weight is 402 g/mol. The van der Waals surface area contributed by atoms with E-state index in [1.807, 2.05) is 29.2 Å². The van der Waals surface area contributed by atoms with Crippen LogP contribution in [-0.2, 0) is 6.42 Å². The Kier molecular flexibility index (Phi) is 6.23. The van der Waals surface area contributed by atoms with E-state index in [9.17, 15) is 4.79 Å². The Balaban J connectivity index is 1.29. The minimum Gasteiger partial charge on any atom is -0.353 e. The number of carbonyl (C=O) groups is 1. The number of benzene rings is 2. The summed E-state index contributed by atoms with van der Waals surface area (Å²) in [6.45, 7) is 5.61. The molecule has 4 rings (SSSR count). The van der Waals surface area contributed by atoms with Crippen molar-refractivity contribution in [2.75, 3.05) is 37.6 Å². The molecule has 0 spiro atoms. The van der Waals surface area contributed by atoms with Gasteiger partial charge in [-0.15, -0.1) is 0 Å². The Morgan fingerprint density at radius 3 is 2.43 bits per heavy atom. The zero-order valence-electron chi connectivity index (χ0n) is 17.3. The molecular formula is C24H27N5O. The number of nitrogens with one attached hydrogen (secondary N) is 1. The van der Waals surface area contributed by atoms with Gasteiger partial charge in [0.05, 0.1) is 5.69 Å². The van der Waals surface area contributed by atoms with Gasteiger partial charge in [0.15, 0.2) is 0 Å². The molecule has 2 heterocycles. The van der Waals surface area contributed by atoms with Gasteiger partial charge in [0.2, 0.25) is 0 Å². The van der Waals surface area contributed by atoms with E-state index >= 15 is 0 Å². The largest absolute Gasteiger partial charge is 0.353 e. The highest BCUT2D eigenvalue weighted by atomic mass is 16.2. The Morgan fingerprint density at radius 1 is 0.967 bits per heavy atom. The lowest BCUT2D eigenvalue weighted by Gasteiger charge is -2.35. The van der Waals surface area contributed by atoms with Crippen molar-refractivity contribution in [2.45, 2.75) is 13.3 Å². The number of hydrogen-bond acceptors (Lipinski definition) is 4. The quantitative estimate of drug-likeness (QED) is 0.711. The maximum Gasteiger partial charge on any atom is 0.317 e. The molecule has 0 radical (unpaired) electrons. The van der Waals surface area contributed by atoms with Crippen molar-refractivity contribution in [1.29, 1.82) is 0 Å². The van der Waals surface area contributed by atoms with Crippen molar-refractivity contribution in [3.63, 3.8) is 0 Å². The molecule has 0 atom stereocenters. The molecule has 1 aliphatic rings. The molecule has 30 heavy (non-hydrogen) atoms. The molecule has 1 fully saturated rings. The van der Waals surface area contributed by atoms with Gasteiger partial charge < -0.3 is 15.1 Å². The van der Waals surface area contributed by atoms with Crippen LogP contribution in [0.15, 0.2) is 67.0 Å². The Hall–Kier alpha value is -3.41. The molecule has 0 bridgehead atoms. The first-order valence-electron chi connectivity index (χ1n) is 10.4. The predicted molar refractivity (Wildman–Crippen MR) is 120 cm³/mol. The number of rotatable bonds is 5. The van der Waals surface area contributed by atoms with Crippen LogP contribution in [0.1, 0.15) is 11.1 Å². The van der Waals surface area contributed by atoms with Gasteiger partial charge in [0.25, 0.3) is 0 Å². The van der Waals surface area contributed by atoms with E-state index in [0.29, 0.717) is 19.6 Å². The molecule has 0 unspecified atom stereocenters. The lowest BCUT2D eigenvalue weighted by atomic mass is 10.1. The number of amides is 2. The Bertz CT molecular complexity index is 966. The van der Waals surface area contributed by atoms with E-state index < -0.39 is 0 Å². The van der Waals surface area contributed by atoms with Crippen LogP contribution in [0.3, 0.4) is 0 Å². The Morgan fingerprint density at radius 2 is 1.70 bits per heavy atom. The molecule has 6 heteroatoms. The molecule has 0 aliphatic carbocycles. The van der Waals surface area contributed by atoms with Gasteiger partial charge >= 0.3 is 6.03 Å². The third-order valence-corrected chi connectivity index (χ3v) is 5.42. The summed E-state index contributed by atoms with van der Waals surface area (Å²) in [6.07, 6.45) is 2.46. The fourth-order valence-electron chi connectivity index (χ4n) is 3.61. The molecule has 3 aromatic rings.